The van der Waals surface area contributed by atoms with Gasteiger partial charge in [0.05, 0.1) is 6.42 Å². The molecule has 0 amide bonds. The van der Waals surface area contributed by atoms with Gasteiger partial charge in [-0.1, -0.05) is 57.0 Å². The number of hydrogen-bond donors (Lipinski definition) is 1. The minimum Gasteiger partial charge on any atom is -0.309 e. The van der Waals surface area contributed by atoms with E-state index in [9.17, 15) is 13.2 Å². The molecule has 1 aromatic rings. The van der Waals surface area contributed by atoms with Crippen molar-refractivity contribution in [3.63, 3.8) is 0 Å². The minimum atomic E-state index is -4.15. The van der Waals surface area contributed by atoms with Gasteiger partial charge in [-0.05, 0) is 18.0 Å². The Morgan fingerprint density at radius 2 is 1.63 bits per heavy atom. The Morgan fingerprint density at radius 3 is 2.11 bits per heavy atom. The lowest BCUT2D eigenvalue weighted by Gasteiger charge is -2.23. The van der Waals surface area contributed by atoms with Gasteiger partial charge in [-0.3, -0.25) is 0 Å². The molecule has 1 rings (SSSR count). The van der Waals surface area contributed by atoms with Crippen LogP contribution >= 0.6 is 0 Å². The van der Waals surface area contributed by atoms with Crippen molar-refractivity contribution >= 4 is 0 Å². The second-order valence-electron chi connectivity index (χ2n) is 4.87. The lowest BCUT2D eigenvalue weighted by molar-refractivity contribution is -0.140. The van der Waals surface area contributed by atoms with E-state index in [1.54, 1.807) is 24.3 Å². The molecule has 0 saturated heterocycles. The molecule has 1 aromatic carbocycles. The Balaban J connectivity index is 2.70. The Kier molecular flexibility index (Phi) is 6.35. The van der Waals surface area contributed by atoms with E-state index in [2.05, 4.69) is 19.2 Å². The summed E-state index contributed by atoms with van der Waals surface area (Å²) in [7, 11) is 0. The smallest absolute Gasteiger partial charge is 0.309 e. The molecule has 0 aliphatic heterocycles. The molecule has 0 aliphatic rings. The van der Waals surface area contributed by atoms with Crippen LogP contribution in [0, 0.1) is 5.92 Å². The molecule has 1 N–H and O–H groups in total. The van der Waals surface area contributed by atoms with Crippen LogP contribution in [0.1, 0.15) is 44.7 Å². The molecular formula is C15H22F3N. The first-order valence-electron chi connectivity index (χ1n) is 6.81. The SMILES string of the molecule is CCC(CC)CNC(CC(F)(F)F)c1ccccc1. The van der Waals surface area contributed by atoms with Gasteiger partial charge in [-0.25, -0.2) is 0 Å². The van der Waals surface area contributed by atoms with Crippen molar-refractivity contribution in [1.29, 1.82) is 0 Å². The van der Waals surface area contributed by atoms with E-state index in [4.69, 9.17) is 0 Å². The van der Waals surface area contributed by atoms with Crippen molar-refractivity contribution in [3.05, 3.63) is 35.9 Å². The van der Waals surface area contributed by atoms with Gasteiger partial charge in [0.25, 0.3) is 0 Å². The van der Waals surface area contributed by atoms with E-state index < -0.39 is 18.6 Å². The zero-order valence-electron chi connectivity index (χ0n) is 11.5. The summed E-state index contributed by atoms with van der Waals surface area (Å²) in [6.07, 6.45) is -3.01. The maximum absolute atomic E-state index is 12.6. The van der Waals surface area contributed by atoms with Gasteiger partial charge in [0.2, 0.25) is 0 Å². The molecule has 0 bridgehead atoms. The highest BCUT2D eigenvalue weighted by atomic mass is 19.4. The fourth-order valence-corrected chi connectivity index (χ4v) is 2.11. The number of rotatable bonds is 7. The standard InChI is InChI=1S/C15H22F3N/c1-3-12(4-2)11-19-14(10-15(16,17)18)13-8-6-5-7-9-13/h5-9,12,14,19H,3-4,10-11H2,1-2H3. The summed E-state index contributed by atoms with van der Waals surface area (Å²) >= 11 is 0. The Morgan fingerprint density at radius 1 is 1.05 bits per heavy atom. The van der Waals surface area contributed by atoms with Crippen LogP contribution in [0.4, 0.5) is 13.2 Å². The first kappa shape index (κ1) is 16.0. The average Bonchev–Trinajstić information content (AvgIpc) is 2.38. The topological polar surface area (TPSA) is 12.0 Å². The number of benzene rings is 1. The lowest BCUT2D eigenvalue weighted by Crippen LogP contribution is -2.30. The van der Waals surface area contributed by atoms with Gasteiger partial charge < -0.3 is 5.32 Å². The van der Waals surface area contributed by atoms with Crippen molar-refractivity contribution in [3.8, 4) is 0 Å². The molecule has 1 unspecified atom stereocenters. The first-order valence-corrected chi connectivity index (χ1v) is 6.81. The molecule has 0 spiro atoms. The van der Waals surface area contributed by atoms with Crippen LogP contribution in [-0.4, -0.2) is 12.7 Å². The highest BCUT2D eigenvalue weighted by Crippen LogP contribution is 2.29. The van der Waals surface area contributed by atoms with Crippen LogP contribution in [0.5, 0.6) is 0 Å². The van der Waals surface area contributed by atoms with Crippen LogP contribution in [0.15, 0.2) is 30.3 Å². The predicted octanol–water partition coefficient (Wildman–Crippen LogP) is 4.71. The summed E-state index contributed by atoms with van der Waals surface area (Å²) in [5.41, 5.74) is 0.700. The van der Waals surface area contributed by atoms with E-state index in [1.807, 2.05) is 6.07 Å². The van der Waals surface area contributed by atoms with Gasteiger partial charge in [-0.15, -0.1) is 0 Å². The van der Waals surface area contributed by atoms with Crippen LogP contribution in [0.25, 0.3) is 0 Å². The van der Waals surface area contributed by atoms with Gasteiger partial charge in [0, 0.05) is 6.04 Å². The summed E-state index contributed by atoms with van der Waals surface area (Å²) in [6, 6.07) is 8.21. The van der Waals surface area contributed by atoms with Gasteiger partial charge in [0.1, 0.15) is 0 Å². The van der Waals surface area contributed by atoms with Crippen LogP contribution in [0.2, 0.25) is 0 Å². The molecule has 0 saturated carbocycles. The third-order valence-electron chi connectivity index (χ3n) is 3.45. The number of alkyl halides is 3. The van der Waals surface area contributed by atoms with E-state index in [0.717, 1.165) is 12.8 Å². The first-order chi connectivity index (χ1) is 8.96. The third kappa shape index (κ3) is 6.10. The van der Waals surface area contributed by atoms with Crippen molar-refractivity contribution in [2.24, 2.45) is 5.92 Å². The van der Waals surface area contributed by atoms with Gasteiger partial charge >= 0.3 is 6.18 Å². The van der Waals surface area contributed by atoms with E-state index in [0.29, 0.717) is 18.0 Å². The molecule has 0 fully saturated rings. The molecule has 4 heteroatoms. The normalized spacial score (nSPS) is 13.8. The molecule has 1 nitrogen and oxygen atoms in total. The second-order valence-corrected chi connectivity index (χ2v) is 4.87. The fourth-order valence-electron chi connectivity index (χ4n) is 2.11. The molecule has 0 radical (unpaired) electrons. The van der Waals surface area contributed by atoms with Gasteiger partial charge in [0.15, 0.2) is 0 Å². The molecule has 108 valence electrons. The van der Waals surface area contributed by atoms with Crippen LogP contribution < -0.4 is 5.32 Å². The zero-order valence-corrected chi connectivity index (χ0v) is 11.5. The quantitative estimate of drug-likeness (QED) is 0.759. The monoisotopic (exact) mass is 273 g/mol. The summed E-state index contributed by atoms with van der Waals surface area (Å²) < 4.78 is 37.9. The Bertz CT molecular complexity index is 344. The van der Waals surface area contributed by atoms with E-state index in [1.165, 1.54) is 0 Å². The predicted molar refractivity (Wildman–Crippen MR) is 71.9 cm³/mol. The molecule has 0 heterocycles. The summed E-state index contributed by atoms with van der Waals surface area (Å²) in [5, 5.41) is 3.07. The van der Waals surface area contributed by atoms with Crippen LogP contribution in [0.3, 0.4) is 0 Å². The fraction of sp³-hybridized carbons (Fsp3) is 0.600. The molecule has 19 heavy (non-hydrogen) atoms. The number of halogens is 3. The summed E-state index contributed by atoms with van der Waals surface area (Å²) in [5.74, 6) is 0.430. The molecule has 0 aromatic heterocycles. The van der Waals surface area contributed by atoms with Crippen molar-refractivity contribution in [1.82, 2.24) is 5.32 Å². The maximum atomic E-state index is 12.6. The summed E-state index contributed by atoms with van der Waals surface area (Å²) in [4.78, 5) is 0. The minimum absolute atomic E-state index is 0.430. The highest BCUT2D eigenvalue weighted by Gasteiger charge is 2.32. The maximum Gasteiger partial charge on any atom is 0.390 e. The molecule has 1 atom stereocenters. The molecular weight excluding hydrogens is 251 g/mol. The van der Waals surface area contributed by atoms with Crippen molar-refractivity contribution < 1.29 is 13.2 Å². The number of nitrogens with one attached hydrogen (secondary N) is 1. The van der Waals surface area contributed by atoms with Gasteiger partial charge in [-0.2, -0.15) is 13.2 Å². The third-order valence-corrected chi connectivity index (χ3v) is 3.45. The largest absolute Gasteiger partial charge is 0.390 e. The highest BCUT2D eigenvalue weighted by molar-refractivity contribution is 5.19. The summed E-state index contributed by atoms with van der Waals surface area (Å²) in [6.45, 7) is 4.76. The van der Waals surface area contributed by atoms with Crippen LogP contribution in [-0.2, 0) is 0 Å². The van der Waals surface area contributed by atoms with E-state index >= 15 is 0 Å². The number of hydrogen-bond acceptors (Lipinski definition) is 1. The zero-order chi connectivity index (χ0) is 14.3. The average molecular weight is 273 g/mol. The second kappa shape index (κ2) is 7.53. The Labute approximate surface area is 113 Å². The van der Waals surface area contributed by atoms with Crippen molar-refractivity contribution in [2.45, 2.75) is 45.3 Å². The molecule has 0 aliphatic carbocycles. The van der Waals surface area contributed by atoms with Crippen molar-refractivity contribution in [2.75, 3.05) is 6.54 Å². The van der Waals surface area contributed by atoms with E-state index in [-0.39, 0.29) is 0 Å². The Hall–Kier alpha value is -1.03. The lowest BCUT2D eigenvalue weighted by atomic mass is 10.00.